The summed E-state index contributed by atoms with van der Waals surface area (Å²) in [6.07, 6.45) is 0. The van der Waals surface area contributed by atoms with Gasteiger partial charge in [0.2, 0.25) is 0 Å². The molecule has 0 aliphatic rings. The standard InChI is InChI=1S/C32H22N4O2/c37-27-17-9-7-15-23(27)31-33-29-25(35(31)21-11-3-1-4-12-21)19-20-26-30(29)34-32(24-16-8-10-18-28(24)38)36(26)22-13-5-2-6-14-22/h1-20,37-38H. The first kappa shape index (κ1) is 21.9. The zero-order chi connectivity index (χ0) is 25.6. The number of aromatic nitrogens is 4. The average molecular weight is 495 g/mol. The zero-order valence-corrected chi connectivity index (χ0v) is 20.2. The number of aromatic hydroxyl groups is 2. The van der Waals surface area contributed by atoms with Crippen LogP contribution in [-0.4, -0.2) is 29.3 Å². The van der Waals surface area contributed by atoms with Gasteiger partial charge in [-0.25, -0.2) is 9.97 Å². The molecule has 7 rings (SSSR count). The highest BCUT2D eigenvalue weighted by Gasteiger charge is 2.23. The lowest BCUT2D eigenvalue weighted by Gasteiger charge is -2.11. The average Bonchev–Trinajstić information content (AvgIpc) is 3.53. The number of phenols is 2. The monoisotopic (exact) mass is 494 g/mol. The fraction of sp³-hybridized carbons (Fsp3) is 0. The summed E-state index contributed by atoms with van der Waals surface area (Å²) < 4.78 is 4.09. The molecular formula is C32H22N4O2. The summed E-state index contributed by atoms with van der Waals surface area (Å²) in [6.45, 7) is 0. The van der Waals surface area contributed by atoms with Gasteiger partial charge in [0.15, 0.2) is 0 Å². The van der Waals surface area contributed by atoms with Gasteiger partial charge < -0.3 is 10.2 Å². The van der Waals surface area contributed by atoms with Crippen molar-refractivity contribution in [3.05, 3.63) is 121 Å². The Hall–Kier alpha value is -5.36. The molecule has 0 spiro atoms. The summed E-state index contributed by atoms with van der Waals surface area (Å²) in [5.74, 6) is 1.55. The second kappa shape index (κ2) is 8.64. The van der Waals surface area contributed by atoms with Crippen molar-refractivity contribution in [1.82, 2.24) is 19.1 Å². The summed E-state index contributed by atoms with van der Waals surface area (Å²) in [4.78, 5) is 10.2. The van der Waals surface area contributed by atoms with Crippen LogP contribution in [0.1, 0.15) is 0 Å². The van der Waals surface area contributed by atoms with E-state index in [0.717, 1.165) is 22.4 Å². The smallest absolute Gasteiger partial charge is 0.149 e. The Morgan fingerprint density at radius 2 is 0.789 bits per heavy atom. The second-order valence-corrected chi connectivity index (χ2v) is 9.05. The Morgan fingerprint density at radius 3 is 1.18 bits per heavy atom. The van der Waals surface area contributed by atoms with Crippen molar-refractivity contribution in [2.24, 2.45) is 0 Å². The van der Waals surface area contributed by atoms with Crippen molar-refractivity contribution in [3.8, 4) is 45.6 Å². The predicted octanol–water partition coefficient (Wildman–Crippen LogP) is 7.11. The molecule has 38 heavy (non-hydrogen) atoms. The van der Waals surface area contributed by atoms with Gasteiger partial charge in [-0.3, -0.25) is 9.13 Å². The Bertz CT molecular complexity index is 1800. The van der Waals surface area contributed by atoms with Gasteiger partial charge in [-0.2, -0.15) is 0 Å². The third-order valence-electron chi connectivity index (χ3n) is 6.77. The van der Waals surface area contributed by atoms with Gasteiger partial charge in [0.25, 0.3) is 0 Å². The van der Waals surface area contributed by atoms with Crippen LogP contribution in [0.15, 0.2) is 121 Å². The van der Waals surface area contributed by atoms with Gasteiger partial charge in [-0.1, -0.05) is 60.7 Å². The molecule has 0 aliphatic heterocycles. The maximum absolute atomic E-state index is 10.7. The number of hydrogen-bond acceptors (Lipinski definition) is 4. The molecule has 5 aromatic carbocycles. The Morgan fingerprint density at radius 1 is 0.421 bits per heavy atom. The first-order valence-electron chi connectivity index (χ1n) is 12.3. The molecule has 0 atom stereocenters. The van der Waals surface area contributed by atoms with Crippen LogP contribution in [0.2, 0.25) is 0 Å². The van der Waals surface area contributed by atoms with Crippen LogP contribution in [0, 0.1) is 0 Å². The normalized spacial score (nSPS) is 11.4. The van der Waals surface area contributed by atoms with Crippen LogP contribution in [0.5, 0.6) is 11.5 Å². The summed E-state index contributed by atoms with van der Waals surface area (Å²) in [5, 5.41) is 21.5. The van der Waals surface area contributed by atoms with Crippen molar-refractivity contribution < 1.29 is 10.2 Å². The van der Waals surface area contributed by atoms with Gasteiger partial charge in [0.05, 0.1) is 22.2 Å². The highest BCUT2D eigenvalue weighted by Crippen LogP contribution is 2.39. The van der Waals surface area contributed by atoms with E-state index in [1.54, 1.807) is 24.3 Å². The number of benzene rings is 5. The lowest BCUT2D eigenvalue weighted by atomic mass is 10.2. The van der Waals surface area contributed by atoms with Crippen LogP contribution in [0.3, 0.4) is 0 Å². The maximum atomic E-state index is 10.7. The number of rotatable bonds is 4. The van der Waals surface area contributed by atoms with Gasteiger partial charge in [-0.05, 0) is 60.7 Å². The van der Waals surface area contributed by atoms with Gasteiger partial charge in [0, 0.05) is 11.4 Å². The van der Waals surface area contributed by atoms with Crippen LogP contribution in [0.4, 0.5) is 0 Å². The van der Waals surface area contributed by atoms with E-state index in [9.17, 15) is 10.2 Å². The van der Waals surface area contributed by atoms with Crippen molar-refractivity contribution in [2.45, 2.75) is 0 Å². The molecule has 0 saturated carbocycles. The summed E-state index contributed by atoms with van der Waals surface area (Å²) in [5.41, 5.74) is 6.25. The van der Waals surface area contributed by atoms with E-state index in [1.807, 2.05) is 106 Å². The molecule has 6 nitrogen and oxygen atoms in total. The SMILES string of the molecule is Oc1ccccc1-c1nc2c3nc(-c4ccccc4O)n(-c4ccccc4)c3ccc2n1-c1ccccc1. The second-order valence-electron chi connectivity index (χ2n) is 9.05. The number of nitrogens with zero attached hydrogens (tertiary/aromatic N) is 4. The fourth-order valence-corrected chi connectivity index (χ4v) is 5.04. The van der Waals surface area contributed by atoms with Crippen LogP contribution < -0.4 is 0 Å². The molecule has 0 saturated heterocycles. The number of fused-ring (bicyclic) bond motifs is 3. The minimum atomic E-state index is 0.154. The predicted molar refractivity (Wildman–Crippen MR) is 150 cm³/mol. The van der Waals surface area contributed by atoms with Crippen LogP contribution in [0.25, 0.3) is 56.2 Å². The Labute approximate surface area is 218 Å². The van der Waals surface area contributed by atoms with E-state index in [0.29, 0.717) is 33.8 Å². The van der Waals surface area contributed by atoms with Gasteiger partial charge in [0.1, 0.15) is 34.2 Å². The third kappa shape index (κ3) is 3.35. The van der Waals surface area contributed by atoms with E-state index >= 15 is 0 Å². The van der Waals surface area contributed by atoms with Crippen molar-refractivity contribution in [2.75, 3.05) is 0 Å². The maximum Gasteiger partial charge on any atom is 0.149 e. The van der Waals surface area contributed by atoms with Crippen LogP contribution in [-0.2, 0) is 0 Å². The quantitative estimate of drug-likeness (QED) is 0.273. The van der Waals surface area contributed by atoms with Crippen molar-refractivity contribution in [3.63, 3.8) is 0 Å². The van der Waals surface area contributed by atoms with E-state index in [2.05, 4.69) is 0 Å². The highest BCUT2D eigenvalue weighted by molar-refractivity contribution is 6.05. The lowest BCUT2D eigenvalue weighted by Crippen LogP contribution is -1.98. The third-order valence-corrected chi connectivity index (χ3v) is 6.77. The largest absolute Gasteiger partial charge is 0.507 e. The molecule has 0 fully saturated rings. The van der Waals surface area contributed by atoms with E-state index in [-0.39, 0.29) is 11.5 Å². The Kier molecular flexibility index (Phi) is 4.97. The first-order chi connectivity index (χ1) is 18.7. The van der Waals surface area contributed by atoms with Crippen molar-refractivity contribution in [1.29, 1.82) is 0 Å². The van der Waals surface area contributed by atoms with Crippen LogP contribution >= 0.6 is 0 Å². The minimum Gasteiger partial charge on any atom is -0.507 e. The summed E-state index contributed by atoms with van der Waals surface area (Å²) in [6, 6.07) is 38.5. The highest BCUT2D eigenvalue weighted by atomic mass is 16.3. The summed E-state index contributed by atoms with van der Waals surface area (Å²) in [7, 11) is 0. The molecule has 2 N–H and O–H groups in total. The molecule has 0 radical (unpaired) electrons. The number of phenolic OH excluding ortho intramolecular Hbond substituents is 2. The molecule has 7 aromatic rings. The molecule has 6 heteroatoms. The number of hydrogen-bond donors (Lipinski definition) is 2. The molecular weight excluding hydrogens is 472 g/mol. The fourth-order valence-electron chi connectivity index (χ4n) is 5.04. The molecule has 182 valence electrons. The van der Waals surface area contributed by atoms with Gasteiger partial charge in [-0.15, -0.1) is 0 Å². The topological polar surface area (TPSA) is 76.1 Å². The molecule has 0 amide bonds. The zero-order valence-electron chi connectivity index (χ0n) is 20.2. The van der Waals surface area contributed by atoms with E-state index in [1.165, 1.54) is 0 Å². The number of para-hydroxylation sites is 4. The van der Waals surface area contributed by atoms with Gasteiger partial charge >= 0.3 is 0 Å². The lowest BCUT2D eigenvalue weighted by molar-refractivity contribution is 0.476. The van der Waals surface area contributed by atoms with E-state index < -0.39 is 0 Å². The molecule has 0 aliphatic carbocycles. The van der Waals surface area contributed by atoms with Crippen molar-refractivity contribution >= 4 is 22.1 Å². The molecule has 0 unspecified atom stereocenters. The molecule has 0 bridgehead atoms. The first-order valence-corrected chi connectivity index (χ1v) is 12.3. The molecule has 2 heterocycles. The van der Waals surface area contributed by atoms with E-state index in [4.69, 9.17) is 9.97 Å². The Balaban J connectivity index is 1.61. The summed E-state index contributed by atoms with van der Waals surface area (Å²) >= 11 is 0. The molecule has 2 aromatic heterocycles. The minimum absolute atomic E-state index is 0.154. The number of imidazole rings is 2.